The summed E-state index contributed by atoms with van der Waals surface area (Å²) in [6.07, 6.45) is 1.60. The molecule has 0 aliphatic carbocycles. The van der Waals surface area contributed by atoms with E-state index in [-0.39, 0.29) is 12.5 Å². The van der Waals surface area contributed by atoms with E-state index in [1.54, 1.807) is 12.3 Å². The zero-order valence-electron chi connectivity index (χ0n) is 11.5. The van der Waals surface area contributed by atoms with Crippen LogP contribution in [0, 0.1) is 6.92 Å². The van der Waals surface area contributed by atoms with Gasteiger partial charge in [-0.3, -0.25) is 4.99 Å². The second-order valence-electron chi connectivity index (χ2n) is 4.85. The van der Waals surface area contributed by atoms with Crippen LogP contribution in [0.25, 0.3) is 0 Å². The van der Waals surface area contributed by atoms with E-state index < -0.39 is 0 Å². The maximum absolute atomic E-state index is 9.93. The first-order valence-corrected chi connectivity index (χ1v) is 6.88. The van der Waals surface area contributed by atoms with Crippen molar-refractivity contribution in [2.24, 2.45) is 4.99 Å². The molecule has 1 aliphatic rings. The Balaban J connectivity index is 1.89. The molecule has 21 heavy (non-hydrogen) atoms. The number of phenols is 1. The zero-order chi connectivity index (χ0) is 14.8. The molecule has 0 radical (unpaired) electrons. The summed E-state index contributed by atoms with van der Waals surface area (Å²) in [4.78, 5) is 4.37. The Morgan fingerprint density at radius 1 is 1.29 bits per heavy atom. The number of rotatable bonds is 2. The number of aliphatic imine (C=N–C) groups is 1. The summed E-state index contributed by atoms with van der Waals surface area (Å²) in [6, 6.07) is 9.17. The standard InChI is InChI=1S/C16H14ClNO3/c1-10-4-11(16(19)14(17)5-10)7-18-13-2-3-15-12(6-13)8-20-9-21-15/h2-7,19H,8-9H2,1H3/b18-7+. The summed E-state index contributed by atoms with van der Waals surface area (Å²) in [5.74, 6) is 0.859. The summed E-state index contributed by atoms with van der Waals surface area (Å²) in [7, 11) is 0. The molecule has 108 valence electrons. The molecule has 0 atom stereocenters. The molecule has 1 N–H and O–H groups in total. The van der Waals surface area contributed by atoms with E-state index in [9.17, 15) is 5.11 Å². The maximum atomic E-state index is 9.93. The lowest BCUT2D eigenvalue weighted by Gasteiger charge is -2.17. The van der Waals surface area contributed by atoms with Crippen LogP contribution in [0.1, 0.15) is 16.7 Å². The van der Waals surface area contributed by atoms with Crippen molar-refractivity contribution in [1.29, 1.82) is 0 Å². The molecule has 1 heterocycles. The van der Waals surface area contributed by atoms with Crippen molar-refractivity contribution in [3.05, 3.63) is 52.0 Å². The van der Waals surface area contributed by atoms with Crippen LogP contribution in [0.5, 0.6) is 11.5 Å². The molecule has 4 nitrogen and oxygen atoms in total. The predicted molar refractivity (Wildman–Crippen MR) is 81.8 cm³/mol. The Morgan fingerprint density at radius 2 is 2.14 bits per heavy atom. The molecule has 0 bridgehead atoms. The van der Waals surface area contributed by atoms with E-state index in [0.29, 0.717) is 17.2 Å². The molecule has 3 rings (SSSR count). The molecule has 2 aromatic carbocycles. The second-order valence-corrected chi connectivity index (χ2v) is 5.25. The van der Waals surface area contributed by atoms with Gasteiger partial charge in [0.1, 0.15) is 11.5 Å². The van der Waals surface area contributed by atoms with Crippen molar-refractivity contribution in [3.8, 4) is 11.5 Å². The number of hydrogen-bond donors (Lipinski definition) is 1. The number of hydrogen-bond acceptors (Lipinski definition) is 4. The molecule has 0 unspecified atom stereocenters. The third kappa shape index (κ3) is 3.01. The van der Waals surface area contributed by atoms with Crippen LogP contribution in [0.15, 0.2) is 35.3 Å². The van der Waals surface area contributed by atoms with Crippen LogP contribution in [0.4, 0.5) is 5.69 Å². The fourth-order valence-corrected chi connectivity index (χ4v) is 2.44. The van der Waals surface area contributed by atoms with Gasteiger partial charge in [-0.15, -0.1) is 0 Å². The van der Waals surface area contributed by atoms with Gasteiger partial charge < -0.3 is 14.6 Å². The number of fused-ring (bicyclic) bond motifs is 1. The number of halogens is 1. The third-order valence-electron chi connectivity index (χ3n) is 3.19. The quantitative estimate of drug-likeness (QED) is 0.854. The molecular weight excluding hydrogens is 290 g/mol. The lowest BCUT2D eigenvalue weighted by Crippen LogP contribution is -2.10. The number of nitrogens with zero attached hydrogens (tertiary/aromatic N) is 1. The highest BCUT2D eigenvalue weighted by atomic mass is 35.5. The topological polar surface area (TPSA) is 51.1 Å². The summed E-state index contributed by atoms with van der Waals surface area (Å²) in [6.45, 7) is 2.71. The van der Waals surface area contributed by atoms with E-state index >= 15 is 0 Å². The van der Waals surface area contributed by atoms with Crippen molar-refractivity contribution in [2.75, 3.05) is 6.79 Å². The number of phenolic OH excluding ortho intramolecular Hbond substituents is 1. The zero-order valence-corrected chi connectivity index (χ0v) is 12.2. The van der Waals surface area contributed by atoms with Gasteiger partial charge in [-0.25, -0.2) is 0 Å². The molecular formula is C16H14ClNO3. The first kappa shape index (κ1) is 13.9. The number of ether oxygens (including phenoxy) is 2. The van der Waals surface area contributed by atoms with Gasteiger partial charge in [0.05, 0.1) is 17.3 Å². The lowest BCUT2D eigenvalue weighted by atomic mass is 10.1. The first-order chi connectivity index (χ1) is 10.1. The van der Waals surface area contributed by atoms with Crippen molar-refractivity contribution >= 4 is 23.5 Å². The number of benzene rings is 2. The molecule has 1 aliphatic heterocycles. The van der Waals surface area contributed by atoms with E-state index in [1.165, 1.54) is 0 Å². The summed E-state index contributed by atoms with van der Waals surface area (Å²) < 4.78 is 10.6. The van der Waals surface area contributed by atoms with Crippen LogP contribution in [0.3, 0.4) is 0 Å². The van der Waals surface area contributed by atoms with E-state index in [0.717, 1.165) is 22.6 Å². The first-order valence-electron chi connectivity index (χ1n) is 6.50. The Bertz CT molecular complexity index is 713. The molecule has 0 saturated heterocycles. The van der Waals surface area contributed by atoms with Crippen molar-refractivity contribution < 1.29 is 14.6 Å². The minimum absolute atomic E-state index is 0.0376. The molecule has 2 aromatic rings. The average molecular weight is 304 g/mol. The second kappa shape index (κ2) is 5.76. The highest BCUT2D eigenvalue weighted by molar-refractivity contribution is 6.32. The highest BCUT2D eigenvalue weighted by Gasteiger charge is 2.10. The fraction of sp³-hybridized carbons (Fsp3) is 0.188. The van der Waals surface area contributed by atoms with Crippen LogP contribution in [-0.2, 0) is 11.3 Å². The number of aromatic hydroxyl groups is 1. The predicted octanol–water partition coefficient (Wildman–Crippen LogP) is 3.97. The molecule has 0 saturated carbocycles. The van der Waals surface area contributed by atoms with Gasteiger partial charge in [0.25, 0.3) is 0 Å². The molecule has 0 aromatic heterocycles. The maximum Gasteiger partial charge on any atom is 0.189 e. The fourth-order valence-electron chi connectivity index (χ4n) is 2.16. The summed E-state index contributed by atoms with van der Waals surface area (Å²) >= 11 is 5.95. The molecule has 0 amide bonds. The molecule has 5 heteroatoms. The molecule has 0 fully saturated rings. The van der Waals surface area contributed by atoms with Crippen molar-refractivity contribution in [3.63, 3.8) is 0 Å². The average Bonchev–Trinajstić information content (AvgIpc) is 2.49. The van der Waals surface area contributed by atoms with Crippen LogP contribution < -0.4 is 4.74 Å². The Labute approximate surface area is 127 Å². The van der Waals surface area contributed by atoms with Gasteiger partial charge in [0, 0.05) is 17.3 Å². The van der Waals surface area contributed by atoms with Gasteiger partial charge in [0.15, 0.2) is 6.79 Å². The van der Waals surface area contributed by atoms with Crippen LogP contribution in [0.2, 0.25) is 5.02 Å². The largest absolute Gasteiger partial charge is 0.506 e. The Morgan fingerprint density at radius 3 is 3.00 bits per heavy atom. The monoisotopic (exact) mass is 303 g/mol. The van der Waals surface area contributed by atoms with Gasteiger partial charge in [-0.05, 0) is 42.8 Å². The highest BCUT2D eigenvalue weighted by Crippen LogP contribution is 2.30. The molecule has 0 spiro atoms. The van der Waals surface area contributed by atoms with Crippen LogP contribution in [-0.4, -0.2) is 18.1 Å². The van der Waals surface area contributed by atoms with Gasteiger partial charge in [-0.1, -0.05) is 11.6 Å². The lowest BCUT2D eigenvalue weighted by molar-refractivity contribution is -0.0163. The van der Waals surface area contributed by atoms with Gasteiger partial charge in [0.2, 0.25) is 0 Å². The summed E-state index contributed by atoms with van der Waals surface area (Å²) in [5.41, 5.74) is 3.28. The minimum Gasteiger partial charge on any atom is -0.506 e. The van der Waals surface area contributed by atoms with E-state index in [2.05, 4.69) is 4.99 Å². The van der Waals surface area contributed by atoms with Crippen molar-refractivity contribution in [2.45, 2.75) is 13.5 Å². The number of aryl methyl sites for hydroxylation is 1. The minimum atomic E-state index is 0.0376. The van der Waals surface area contributed by atoms with E-state index in [4.69, 9.17) is 21.1 Å². The van der Waals surface area contributed by atoms with Crippen molar-refractivity contribution in [1.82, 2.24) is 0 Å². The Hall–Kier alpha value is -2.04. The van der Waals surface area contributed by atoms with Gasteiger partial charge in [-0.2, -0.15) is 0 Å². The smallest absolute Gasteiger partial charge is 0.189 e. The summed E-state index contributed by atoms with van der Waals surface area (Å²) in [5, 5.41) is 10.3. The normalized spacial score (nSPS) is 14.0. The third-order valence-corrected chi connectivity index (χ3v) is 3.48. The SMILES string of the molecule is Cc1cc(Cl)c(O)c(/C=N/c2ccc3c(c2)COCO3)c1. The van der Waals surface area contributed by atoms with E-state index in [1.807, 2.05) is 31.2 Å². The van der Waals surface area contributed by atoms with Gasteiger partial charge >= 0.3 is 0 Å². The Kier molecular flexibility index (Phi) is 3.82. The van der Waals surface area contributed by atoms with Crippen LogP contribution >= 0.6 is 11.6 Å².